The molecule has 1 saturated carbocycles. The van der Waals surface area contributed by atoms with Gasteiger partial charge in [-0.25, -0.2) is 13.2 Å². The summed E-state index contributed by atoms with van der Waals surface area (Å²) < 4.78 is 113. The lowest BCUT2D eigenvalue weighted by atomic mass is 9.77. The topological polar surface area (TPSA) is 0 Å². The van der Waals surface area contributed by atoms with E-state index in [2.05, 4.69) is 0 Å². The Bertz CT molecular complexity index is 268. The normalized spacial score (nSPS) is 39.4. The first-order valence-corrected chi connectivity index (χ1v) is 3.96. The van der Waals surface area contributed by atoms with Crippen LogP contribution in [0.2, 0.25) is 0 Å². The Morgan fingerprint density at radius 1 is 0.750 bits per heavy atom. The second-order valence-corrected chi connectivity index (χ2v) is 3.58. The van der Waals surface area contributed by atoms with Gasteiger partial charge in [0.25, 0.3) is 5.92 Å². The van der Waals surface area contributed by atoms with Crippen LogP contribution in [0.5, 0.6) is 0 Å². The van der Waals surface area contributed by atoms with Gasteiger partial charge >= 0.3 is 17.8 Å². The van der Waals surface area contributed by atoms with E-state index < -0.39 is 35.8 Å². The average molecular weight is 260 g/mol. The molecule has 0 amide bonds. The van der Waals surface area contributed by atoms with E-state index in [9.17, 15) is 39.5 Å². The molecule has 0 aromatic heterocycles. The lowest BCUT2D eigenvalue weighted by molar-refractivity contribution is -0.406. The third kappa shape index (κ3) is 1.20. The summed E-state index contributed by atoms with van der Waals surface area (Å²) in [4.78, 5) is 0. The molecule has 16 heavy (non-hydrogen) atoms. The highest BCUT2D eigenvalue weighted by Crippen LogP contribution is 2.61. The Morgan fingerprint density at radius 2 is 1.12 bits per heavy atom. The Labute approximate surface area is 83.4 Å². The molecule has 0 bridgehead atoms. The highest BCUT2D eigenvalue weighted by atomic mass is 19.4. The van der Waals surface area contributed by atoms with Crippen LogP contribution in [0.3, 0.4) is 0 Å². The van der Waals surface area contributed by atoms with Crippen LogP contribution in [0.15, 0.2) is 0 Å². The van der Waals surface area contributed by atoms with Crippen molar-refractivity contribution in [2.45, 2.75) is 36.8 Å². The number of alkyl halides is 9. The third-order valence-electron chi connectivity index (χ3n) is 2.61. The highest BCUT2D eigenvalue weighted by Gasteiger charge is 2.86. The van der Waals surface area contributed by atoms with Crippen LogP contribution in [0, 0.1) is 5.92 Å². The minimum absolute atomic E-state index is 0.101. The van der Waals surface area contributed by atoms with Crippen LogP contribution in [0.1, 0.15) is 6.92 Å². The van der Waals surface area contributed by atoms with E-state index in [1.165, 1.54) is 0 Å². The van der Waals surface area contributed by atoms with Gasteiger partial charge in [-0.2, -0.15) is 26.3 Å². The Morgan fingerprint density at radius 3 is 1.50 bits per heavy atom. The molecule has 1 fully saturated rings. The molecule has 2 unspecified atom stereocenters. The second kappa shape index (κ2) is 2.98. The molecule has 9 heteroatoms. The van der Waals surface area contributed by atoms with Crippen molar-refractivity contribution in [1.82, 2.24) is 0 Å². The van der Waals surface area contributed by atoms with Crippen molar-refractivity contribution in [2.75, 3.05) is 0 Å². The van der Waals surface area contributed by atoms with E-state index >= 15 is 0 Å². The molecule has 0 spiro atoms. The van der Waals surface area contributed by atoms with Gasteiger partial charge in [0.05, 0.1) is 5.92 Å². The average Bonchev–Trinajstić information content (AvgIpc) is 2.13. The van der Waals surface area contributed by atoms with Crippen molar-refractivity contribution in [3.63, 3.8) is 0 Å². The highest BCUT2D eigenvalue weighted by molar-refractivity contribution is 5.14. The van der Waals surface area contributed by atoms with Crippen molar-refractivity contribution < 1.29 is 39.5 Å². The quantitative estimate of drug-likeness (QED) is 0.584. The standard InChI is InChI=1S/C7H5F9/c1-2-4(9,10)3(8)6(13,14)7(15,16)5(2,11)12/h2-3H,1H3. The zero-order chi connectivity index (χ0) is 13.2. The largest absolute Gasteiger partial charge is 0.375 e. The minimum Gasteiger partial charge on any atom is -0.234 e. The maximum absolute atomic E-state index is 12.7. The molecule has 0 N–H and O–H groups in total. The summed E-state index contributed by atoms with van der Waals surface area (Å²) in [6.07, 6.45) is -4.65. The first-order chi connectivity index (χ1) is 6.81. The maximum atomic E-state index is 12.7. The van der Waals surface area contributed by atoms with Gasteiger partial charge in [0, 0.05) is 0 Å². The molecule has 0 aromatic rings. The van der Waals surface area contributed by atoms with Gasteiger partial charge in [-0.1, -0.05) is 6.92 Å². The Kier molecular flexibility index (Phi) is 2.50. The summed E-state index contributed by atoms with van der Waals surface area (Å²) in [6, 6.07) is 0. The van der Waals surface area contributed by atoms with Crippen LogP contribution >= 0.6 is 0 Å². The van der Waals surface area contributed by atoms with Crippen molar-refractivity contribution in [3.8, 4) is 0 Å². The molecule has 0 radical (unpaired) electrons. The van der Waals surface area contributed by atoms with E-state index in [0.29, 0.717) is 0 Å². The van der Waals surface area contributed by atoms with Gasteiger partial charge in [-0.3, -0.25) is 0 Å². The lowest BCUT2D eigenvalue weighted by Crippen LogP contribution is -2.72. The summed E-state index contributed by atoms with van der Waals surface area (Å²) in [5.41, 5.74) is 0. The Balaban J connectivity index is 3.40. The van der Waals surface area contributed by atoms with E-state index in [1.54, 1.807) is 0 Å². The van der Waals surface area contributed by atoms with Gasteiger partial charge in [-0.15, -0.1) is 0 Å². The number of hydrogen-bond acceptors (Lipinski definition) is 0. The number of halogens is 9. The van der Waals surface area contributed by atoms with E-state index in [1.807, 2.05) is 0 Å². The van der Waals surface area contributed by atoms with Gasteiger partial charge < -0.3 is 0 Å². The van der Waals surface area contributed by atoms with Gasteiger partial charge in [0.2, 0.25) is 6.17 Å². The second-order valence-electron chi connectivity index (χ2n) is 3.58. The Hall–Kier alpha value is -0.630. The van der Waals surface area contributed by atoms with Crippen LogP contribution < -0.4 is 0 Å². The van der Waals surface area contributed by atoms with Crippen molar-refractivity contribution in [1.29, 1.82) is 0 Å². The van der Waals surface area contributed by atoms with Gasteiger partial charge in [-0.05, 0) is 0 Å². The van der Waals surface area contributed by atoms with Gasteiger partial charge in [0.15, 0.2) is 0 Å². The van der Waals surface area contributed by atoms with Crippen LogP contribution in [0.25, 0.3) is 0 Å². The minimum atomic E-state index is -6.15. The molecule has 0 saturated heterocycles. The molecule has 1 aliphatic rings. The molecule has 0 nitrogen and oxygen atoms in total. The van der Waals surface area contributed by atoms with E-state index in [4.69, 9.17) is 0 Å². The van der Waals surface area contributed by atoms with Crippen LogP contribution in [-0.4, -0.2) is 29.9 Å². The molecular formula is C7H5F9. The monoisotopic (exact) mass is 260 g/mol. The molecule has 0 aromatic carbocycles. The first kappa shape index (κ1) is 13.4. The van der Waals surface area contributed by atoms with E-state index in [0.717, 1.165) is 0 Å². The molecule has 96 valence electrons. The first-order valence-electron chi connectivity index (χ1n) is 3.96. The van der Waals surface area contributed by atoms with Crippen LogP contribution in [-0.2, 0) is 0 Å². The molecule has 1 rings (SSSR count). The fourth-order valence-electron chi connectivity index (χ4n) is 1.36. The predicted molar refractivity (Wildman–Crippen MR) is 33.8 cm³/mol. The summed E-state index contributed by atoms with van der Waals surface area (Å²) >= 11 is 0. The SMILES string of the molecule is CC1C(F)(F)C(F)C(F)(F)C(F)(F)C1(F)F. The summed E-state index contributed by atoms with van der Waals surface area (Å²) in [7, 11) is 0. The summed E-state index contributed by atoms with van der Waals surface area (Å²) in [5.74, 6) is -26.7. The zero-order valence-electron chi connectivity index (χ0n) is 7.56. The fourth-order valence-corrected chi connectivity index (χ4v) is 1.36. The van der Waals surface area contributed by atoms with Crippen molar-refractivity contribution in [2.24, 2.45) is 5.92 Å². The molecule has 2 atom stereocenters. The fraction of sp³-hybridized carbons (Fsp3) is 1.00. The van der Waals surface area contributed by atoms with Crippen LogP contribution in [0.4, 0.5) is 39.5 Å². The molecule has 0 heterocycles. The smallest absolute Gasteiger partial charge is 0.234 e. The molecular weight excluding hydrogens is 255 g/mol. The third-order valence-corrected chi connectivity index (χ3v) is 2.61. The molecule has 0 aliphatic heterocycles. The van der Waals surface area contributed by atoms with Crippen molar-refractivity contribution >= 4 is 0 Å². The summed E-state index contributed by atoms with van der Waals surface area (Å²) in [5, 5.41) is 0. The molecule has 1 aliphatic carbocycles. The predicted octanol–water partition coefficient (Wildman–Crippen LogP) is 3.52. The summed E-state index contributed by atoms with van der Waals surface area (Å²) in [6.45, 7) is -0.101. The van der Waals surface area contributed by atoms with E-state index in [-0.39, 0.29) is 6.92 Å². The van der Waals surface area contributed by atoms with Gasteiger partial charge in [0.1, 0.15) is 0 Å². The number of rotatable bonds is 0. The lowest BCUT2D eigenvalue weighted by Gasteiger charge is -2.46. The number of hydrogen-bond donors (Lipinski definition) is 0. The zero-order valence-corrected chi connectivity index (χ0v) is 7.56. The maximum Gasteiger partial charge on any atom is 0.375 e. The van der Waals surface area contributed by atoms with Crippen molar-refractivity contribution in [3.05, 3.63) is 0 Å².